The highest BCUT2D eigenvalue weighted by Crippen LogP contribution is 2.42. The zero-order valence-corrected chi connectivity index (χ0v) is 14.9. The van der Waals surface area contributed by atoms with Crippen LogP contribution in [-0.2, 0) is 16.1 Å². The lowest BCUT2D eigenvalue weighted by Gasteiger charge is -2.34. The Morgan fingerprint density at radius 3 is 2.68 bits per heavy atom. The Morgan fingerprint density at radius 1 is 1.32 bits per heavy atom. The summed E-state index contributed by atoms with van der Waals surface area (Å²) in [6.45, 7) is 6.73. The first-order valence-electron chi connectivity index (χ1n) is 8.75. The van der Waals surface area contributed by atoms with Gasteiger partial charge in [0.25, 0.3) is 0 Å². The maximum atomic E-state index is 12.9. The van der Waals surface area contributed by atoms with Gasteiger partial charge in [-0.25, -0.2) is 4.79 Å². The van der Waals surface area contributed by atoms with Crippen molar-refractivity contribution in [2.75, 3.05) is 11.5 Å². The molecule has 25 heavy (non-hydrogen) atoms. The Labute approximate surface area is 148 Å². The zero-order chi connectivity index (χ0) is 18.0. The molecule has 2 heterocycles. The third-order valence-electron chi connectivity index (χ3n) is 4.72. The number of aromatic nitrogens is 1. The molecule has 1 aliphatic heterocycles. The molecule has 5 nitrogen and oxygen atoms in total. The fraction of sp³-hybridized carbons (Fsp3) is 0.400. The van der Waals surface area contributed by atoms with Gasteiger partial charge in [0.05, 0.1) is 18.8 Å². The Morgan fingerprint density at radius 2 is 2.04 bits per heavy atom. The Hall–Kier alpha value is -2.56. The number of carbonyl (C=O) groups is 2. The maximum Gasteiger partial charge on any atom is 0.356 e. The number of ether oxygens (including phenoxy) is 1. The average Bonchev–Trinajstić information content (AvgIpc) is 3.03. The Kier molecular flexibility index (Phi) is 4.93. The van der Waals surface area contributed by atoms with Crippen LogP contribution in [0.25, 0.3) is 0 Å². The molecule has 1 aromatic carbocycles. The second-order valence-electron chi connectivity index (χ2n) is 6.71. The minimum Gasteiger partial charge on any atom is -0.461 e. The van der Waals surface area contributed by atoms with E-state index in [-0.39, 0.29) is 11.8 Å². The SMILES string of the molecule is CCOC(=O)c1[nH]cc2c1N(Cc1ccccc1)C(=O)C[C@H]2C(C)C. The second-order valence-corrected chi connectivity index (χ2v) is 6.71. The van der Waals surface area contributed by atoms with Gasteiger partial charge in [-0.2, -0.15) is 0 Å². The molecule has 0 radical (unpaired) electrons. The molecule has 5 heteroatoms. The molecule has 1 amide bonds. The molecule has 3 rings (SSSR count). The minimum absolute atomic E-state index is 0.0419. The summed E-state index contributed by atoms with van der Waals surface area (Å²) in [5.74, 6) is 0.0422. The number of rotatable bonds is 5. The molecular formula is C20H24N2O3. The molecule has 1 N–H and O–H groups in total. The summed E-state index contributed by atoms with van der Waals surface area (Å²) in [5.41, 5.74) is 3.10. The number of nitrogens with zero attached hydrogens (tertiary/aromatic N) is 1. The molecule has 0 unspecified atom stereocenters. The van der Waals surface area contributed by atoms with Crippen LogP contribution in [0, 0.1) is 5.92 Å². The lowest BCUT2D eigenvalue weighted by atomic mass is 9.83. The van der Waals surface area contributed by atoms with Crippen molar-refractivity contribution in [3.8, 4) is 0 Å². The summed E-state index contributed by atoms with van der Waals surface area (Å²) in [6, 6.07) is 9.81. The van der Waals surface area contributed by atoms with Crippen LogP contribution in [-0.4, -0.2) is 23.5 Å². The van der Waals surface area contributed by atoms with E-state index >= 15 is 0 Å². The molecule has 0 saturated carbocycles. The van der Waals surface area contributed by atoms with Crippen LogP contribution in [0.1, 0.15) is 54.7 Å². The highest BCUT2D eigenvalue weighted by Gasteiger charge is 2.37. The topological polar surface area (TPSA) is 62.4 Å². The van der Waals surface area contributed by atoms with E-state index in [2.05, 4.69) is 18.8 Å². The predicted molar refractivity (Wildman–Crippen MR) is 96.6 cm³/mol. The number of benzene rings is 1. The summed E-state index contributed by atoms with van der Waals surface area (Å²) in [6.07, 6.45) is 2.31. The van der Waals surface area contributed by atoms with Crippen molar-refractivity contribution in [1.82, 2.24) is 4.98 Å². The van der Waals surface area contributed by atoms with Crippen molar-refractivity contribution in [1.29, 1.82) is 0 Å². The molecule has 132 valence electrons. The zero-order valence-electron chi connectivity index (χ0n) is 14.9. The van der Waals surface area contributed by atoms with Crippen molar-refractivity contribution >= 4 is 17.6 Å². The Bertz CT molecular complexity index is 765. The third kappa shape index (κ3) is 3.31. The quantitative estimate of drug-likeness (QED) is 0.841. The molecular weight excluding hydrogens is 316 g/mol. The van der Waals surface area contributed by atoms with Gasteiger partial charge in [-0.15, -0.1) is 0 Å². The van der Waals surface area contributed by atoms with Gasteiger partial charge >= 0.3 is 5.97 Å². The highest BCUT2D eigenvalue weighted by molar-refractivity contribution is 6.04. The first kappa shape index (κ1) is 17.3. The third-order valence-corrected chi connectivity index (χ3v) is 4.72. The first-order valence-corrected chi connectivity index (χ1v) is 8.75. The molecule has 1 atom stereocenters. The average molecular weight is 340 g/mol. The number of esters is 1. The molecule has 2 aromatic rings. The van der Waals surface area contributed by atoms with E-state index < -0.39 is 5.97 Å². The number of H-pyrrole nitrogens is 1. The standard InChI is InChI=1S/C20H24N2O3/c1-4-25-20(24)18-19-16(11-21-18)15(13(2)3)10-17(23)22(19)12-14-8-6-5-7-9-14/h5-9,11,13,15,21H,4,10,12H2,1-3H3/t15-/m0/s1. The summed E-state index contributed by atoms with van der Waals surface area (Å²) >= 11 is 0. The lowest BCUT2D eigenvalue weighted by Crippen LogP contribution is -2.37. The fourth-order valence-corrected chi connectivity index (χ4v) is 3.42. The van der Waals surface area contributed by atoms with Crippen molar-refractivity contribution in [2.45, 2.75) is 39.7 Å². The van der Waals surface area contributed by atoms with Crippen LogP contribution in [0.3, 0.4) is 0 Å². The van der Waals surface area contributed by atoms with Crippen LogP contribution in [0.5, 0.6) is 0 Å². The van der Waals surface area contributed by atoms with Gasteiger partial charge in [-0.3, -0.25) is 4.79 Å². The van der Waals surface area contributed by atoms with E-state index in [1.807, 2.05) is 36.5 Å². The maximum absolute atomic E-state index is 12.9. The second kappa shape index (κ2) is 7.13. The smallest absolute Gasteiger partial charge is 0.356 e. The van der Waals surface area contributed by atoms with Gasteiger partial charge in [0.2, 0.25) is 5.91 Å². The number of carbonyl (C=O) groups excluding carboxylic acids is 2. The van der Waals surface area contributed by atoms with Crippen LogP contribution >= 0.6 is 0 Å². The Balaban J connectivity index is 2.05. The molecule has 0 aliphatic carbocycles. The number of hydrogen-bond donors (Lipinski definition) is 1. The van der Waals surface area contributed by atoms with E-state index in [0.717, 1.165) is 11.1 Å². The van der Waals surface area contributed by atoms with Crippen molar-refractivity contribution in [3.63, 3.8) is 0 Å². The van der Waals surface area contributed by atoms with Gasteiger partial charge in [0.15, 0.2) is 0 Å². The van der Waals surface area contributed by atoms with Gasteiger partial charge in [0, 0.05) is 12.6 Å². The summed E-state index contributed by atoms with van der Waals surface area (Å²) in [4.78, 5) is 30.0. The van der Waals surface area contributed by atoms with Crippen molar-refractivity contribution in [3.05, 3.63) is 53.3 Å². The summed E-state index contributed by atoms with van der Waals surface area (Å²) < 4.78 is 5.17. The van der Waals surface area contributed by atoms with Crippen molar-refractivity contribution in [2.24, 2.45) is 5.92 Å². The van der Waals surface area contributed by atoms with Gasteiger partial charge in [-0.1, -0.05) is 44.2 Å². The van der Waals surface area contributed by atoms with Crippen LogP contribution < -0.4 is 4.90 Å². The molecule has 0 saturated heterocycles. The number of anilines is 1. The largest absolute Gasteiger partial charge is 0.461 e. The number of aromatic amines is 1. The van der Waals surface area contributed by atoms with E-state index in [4.69, 9.17) is 4.74 Å². The molecule has 1 aromatic heterocycles. The van der Waals surface area contributed by atoms with Crippen LogP contribution in [0.4, 0.5) is 5.69 Å². The fourth-order valence-electron chi connectivity index (χ4n) is 3.42. The van der Waals surface area contributed by atoms with E-state index in [1.54, 1.807) is 11.8 Å². The lowest BCUT2D eigenvalue weighted by molar-refractivity contribution is -0.119. The first-order chi connectivity index (χ1) is 12.0. The van der Waals surface area contributed by atoms with E-state index in [9.17, 15) is 9.59 Å². The molecule has 0 spiro atoms. The molecule has 1 aliphatic rings. The number of fused-ring (bicyclic) bond motifs is 1. The van der Waals surface area contributed by atoms with E-state index in [0.29, 0.717) is 36.9 Å². The molecule has 0 bridgehead atoms. The number of nitrogens with one attached hydrogen (secondary N) is 1. The van der Waals surface area contributed by atoms with Gasteiger partial charge in [0.1, 0.15) is 5.69 Å². The highest BCUT2D eigenvalue weighted by atomic mass is 16.5. The predicted octanol–water partition coefficient (Wildman–Crippen LogP) is 3.87. The molecule has 0 fully saturated rings. The number of amides is 1. The van der Waals surface area contributed by atoms with Gasteiger partial charge in [-0.05, 0) is 29.9 Å². The minimum atomic E-state index is -0.418. The number of hydrogen-bond acceptors (Lipinski definition) is 3. The van der Waals surface area contributed by atoms with Gasteiger partial charge < -0.3 is 14.6 Å². The monoisotopic (exact) mass is 340 g/mol. The normalized spacial score (nSPS) is 16.9. The van der Waals surface area contributed by atoms with E-state index in [1.165, 1.54) is 0 Å². The summed E-state index contributed by atoms with van der Waals surface area (Å²) in [7, 11) is 0. The van der Waals surface area contributed by atoms with Crippen molar-refractivity contribution < 1.29 is 14.3 Å². The summed E-state index contributed by atoms with van der Waals surface area (Å²) in [5, 5.41) is 0. The van der Waals surface area contributed by atoms with Crippen LogP contribution in [0.15, 0.2) is 36.5 Å². The van der Waals surface area contributed by atoms with Crippen LogP contribution in [0.2, 0.25) is 0 Å².